The van der Waals surface area contributed by atoms with Crippen LogP contribution in [0.2, 0.25) is 0 Å². The van der Waals surface area contributed by atoms with E-state index in [0.29, 0.717) is 0 Å². The third kappa shape index (κ3) is 4.28. The molecule has 0 aliphatic carbocycles. The number of hydrogen-bond acceptors (Lipinski definition) is 2. The van der Waals surface area contributed by atoms with Crippen molar-refractivity contribution in [2.75, 3.05) is 0 Å². The fourth-order valence-electron chi connectivity index (χ4n) is 7.15. The third-order valence-electron chi connectivity index (χ3n) is 9.24. The lowest BCUT2D eigenvalue weighted by atomic mass is 9.96. The smallest absolute Gasteiger partial charge is 0.171 e. The van der Waals surface area contributed by atoms with E-state index in [0.717, 1.165) is 60.2 Å². The highest BCUT2D eigenvalue weighted by atomic mass is 31.2. The zero-order valence-corrected chi connectivity index (χ0v) is 26.4. The highest BCUT2D eigenvalue weighted by Gasteiger charge is 2.30. The number of hydrogen-bond donors (Lipinski definition) is 0. The van der Waals surface area contributed by atoms with Crippen molar-refractivity contribution in [3.05, 3.63) is 176 Å². The second-order valence-electron chi connectivity index (χ2n) is 11.9. The molecule has 0 amide bonds. The summed E-state index contributed by atoms with van der Waals surface area (Å²) in [5.74, 6) is 0. The van der Waals surface area contributed by atoms with Gasteiger partial charge >= 0.3 is 0 Å². The van der Waals surface area contributed by atoms with Crippen LogP contribution in [-0.2, 0) is 4.57 Å². The predicted molar refractivity (Wildman–Crippen MR) is 198 cm³/mol. The summed E-state index contributed by atoms with van der Waals surface area (Å²) in [5.41, 5.74) is 6.21. The molecular formula is C43H29N2OP. The molecule has 3 nitrogen and oxygen atoms in total. The number of benzene rings is 7. The first kappa shape index (κ1) is 27.5. The maximum absolute atomic E-state index is 15.3. The first-order chi connectivity index (χ1) is 23.2. The molecule has 222 valence electrons. The average Bonchev–Trinajstić information content (AvgIpc) is 3.50. The Labute approximate surface area is 272 Å². The number of pyridine rings is 1. The fraction of sp³-hybridized carbons (Fsp3) is 0. The van der Waals surface area contributed by atoms with Gasteiger partial charge in [-0.25, -0.2) is 4.98 Å². The Balaban J connectivity index is 1.37. The largest absolute Gasteiger partial charge is 0.309 e. The molecule has 0 saturated carbocycles. The monoisotopic (exact) mass is 620 g/mol. The van der Waals surface area contributed by atoms with E-state index >= 15 is 4.57 Å². The van der Waals surface area contributed by atoms with Crippen LogP contribution in [0.3, 0.4) is 0 Å². The molecule has 7 aromatic carbocycles. The molecule has 0 spiro atoms. The van der Waals surface area contributed by atoms with Crippen molar-refractivity contribution in [2.24, 2.45) is 0 Å². The normalized spacial score (nSPS) is 11.9. The van der Waals surface area contributed by atoms with Gasteiger partial charge in [0.2, 0.25) is 0 Å². The number of rotatable bonds is 5. The number of para-hydroxylation sites is 2. The molecule has 0 aliphatic rings. The zero-order valence-electron chi connectivity index (χ0n) is 25.5. The lowest BCUT2D eigenvalue weighted by Crippen LogP contribution is -2.25. The van der Waals surface area contributed by atoms with Gasteiger partial charge in [0.1, 0.15) is 0 Å². The van der Waals surface area contributed by atoms with Crippen LogP contribution in [0, 0.1) is 0 Å². The average molecular weight is 621 g/mol. The van der Waals surface area contributed by atoms with Crippen LogP contribution in [-0.4, -0.2) is 9.55 Å². The first-order valence-corrected chi connectivity index (χ1v) is 17.5. The minimum atomic E-state index is -3.16. The van der Waals surface area contributed by atoms with Crippen molar-refractivity contribution in [3.63, 3.8) is 0 Å². The molecule has 2 heterocycles. The van der Waals surface area contributed by atoms with Gasteiger partial charge in [0.25, 0.3) is 0 Å². The molecule has 2 aromatic heterocycles. The van der Waals surface area contributed by atoms with E-state index in [1.807, 2.05) is 78.9 Å². The molecule has 0 atom stereocenters. The van der Waals surface area contributed by atoms with E-state index in [1.165, 1.54) is 16.2 Å². The van der Waals surface area contributed by atoms with Gasteiger partial charge in [0, 0.05) is 54.1 Å². The zero-order chi connectivity index (χ0) is 31.4. The van der Waals surface area contributed by atoms with Gasteiger partial charge in [-0.3, -0.25) is 0 Å². The summed E-state index contributed by atoms with van der Waals surface area (Å²) in [7, 11) is -3.16. The van der Waals surface area contributed by atoms with Crippen LogP contribution in [0.5, 0.6) is 0 Å². The molecule has 4 heteroatoms. The van der Waals surface area contributed by atoms with Crippen molar-refractivity contribution in [1.29, 1.82) is 0 Å². The second kappa shape index (κ2) is 10.9. The molecular weight excluding hydrogens is 591 g/mol. The molecule has 0 radical (unpaired) electrons. The SMILES string of the molecule is O=P(c1ccccc1)(c1ccccc1)c1cccc(-n2c3ccccc3c3c4c(ccc32)c(-c2ccccc2)nc2ccccc24)c1. The van der Waals surface area contributed by atoms with Crippen molar-refractivity contribution in [3.8, 4) is 16.9 Å². The summed E-state index contributed by atoms with van der Waals surface area (Å²) < 4.78 is 17.7. The van der Waals surface area contributed by atoms with Crippen LogP contribution in [0.4, 0.5) is 0 Å². The molecule has 9 aromatic rings. The molecule has 0 fully saturated rings. The Morgan fingerprint density at radius 2 is 1.04 bits per heavy atom. The maximum Gasteiger partial charge on any atom is 0.171 e. The molecule has 47 heavy (non-hydrogen) atoms. The van der Waals surface area contributed by atoms with Gasteiger partial charge in [-0.05, 0) is 30.3 Å². The van der Waals surface area contributed by atoms with Crippen molar-refractivity contribution in [2.45, 2.75) is 0 Å². The first-order valence-electron chi connectivity index (χ1n) is 15.8. The topological polar surface area (TPSA) is 34.9 Å². The Morgan fingerprint density at radius 3 is 1.77 bits per heavy atom. The number of aromatic nitrogens is 2. The van der Waals surface area contributed by atoms with E-state index in [4.69, 9.17) is 4.98 Å². The van der Waals surface area contributed by atoms with Gasteiger partial charge in [0.05, 0.1) is 22.2 Å². The predicted octanol–water partition coefficient (Wildman–Crippen LogP) is 9.79. The van der Waals surface area contributed by atoms with E-state index in [2.05, 4.69) is 102 Å². The highest BCUT2D eigenvalue weighted by Crippen LogP contribution is 2.45. The van der Waals surface area contributed by atoms with Gasteiger partial charge in [-0.1, -0.05) is 146 Å². The van der Waals surface area contributed by atoms with Crippen molar-refractivity contribution >= 4 is 66.5 Å². The maximum atomic E-state index is 15.3. The lowest BCUT2D eigenvalue weighted by molar-refractivity contribution is 0.592. The minimum absolute atomic E-state index is 0.806. The van der Waals surface area contributed by atoms with E-state index < -0.39 is 7.14 Å². The molecule has 0 unspecified atom stereocenters. The van der Waals surface area contributed by atoms with Gasteiger partial charge in [-0.15, -0.1) is 0 Å². The van der Waals surface area contributed by atoms with Gasteiger partial charge in [-0.2, -0.15) is 0 Å². The minimum Gasteiger partial charge on any atom is -0.309 e. The van der Waals surface area contributed by atoms with Crippen LogP contribution < -0.4 is 15.9 Å². The van der Waals surface area contributed by atoms with Crippen LogP contribution >= 0.6 is 7.14 Å². The van der Waals surface area contributed by atoms with E-state index in [9.17, 15) is 0 Å². The third-order valence-corrected chi connectivity index (χ3v) is 12.3. The van der Waals surface area contributed by atoms with E-state index in [-0.39, 0.29) is 0 Å². The Bertz CT molecular complexity index is 2600. The van der Waals surface area contributed by atoms with Crippen LogP contribution in [0.15, 0.2) is 176 Å². The summed E-state index contributed by atoms with van der Waals surface area (Å²) in [6.45, 7) is 0. The van der Waals surface area contributed by atoms with Crippen molar-refractivity contribution < 1.29 is 4.57 Å². The van der Waals surface area contributed by atoms with Gasteiger partial charge < -0.3 is 9.13 Å². The molecule has 0 saturated heterocycles. The fourth-order valence-corrected chi connectivity index (χ4v) is 9.83. The molecule has 0 bridgehead atoms. The van der Waals surface area contributed by atoms with Crippen LogP contribution in [0.25, 0.3) is 60.4 Å². The van der Waals surface area contributed by atoms with Gasteiger partial charge in [0.15, 0.2) is 7.14 Å². The lowest BCUT2D eigenvalue weighted by Gasteiger charge is -2.21. The Morgan fingerprint density at radius 1 is 0.447 bits per heavy atom. The summed E-state index contributed by atoms with van der Waals surface area (Å²) in [6, 6.07) is 60.0. The summed E-state index contributed by atoms with van der Waals surface area (Å²) >= 11 is 0. The summed E-state index contributed by atoms with van der Waals surface area (Å²) in [5, 5.41) is 8.25. The second-order valence-corrected chi connectivity index (χ2v) is 14.6. The van der Waals surface area contributed by atoms with E-state index in [1.54, 1.807) is 0 Å². The summed E-state index contributed by atoms with van der Waals surface area (Å²) in [6.07, 6.45) is 0. The Kier molecular flexibility index (Phi) is 6.41. The number of fused-ring (bicyclic) bond motifs is 7. The quantitative estimate of drug-likeness (QED) is 0.142. The highest BCUT2D eigenvalue weighted by molar-refractivity contribution is 7.85. The standard InChI is InChI=1S/C43H29N2OP/c46-47(32-18-6-2-7-19-32,33-20-8-3-9-21-33)34-22-14-17-31(29-34)45-39-26-13-11-24-36(39)42-40(45)28-27-37-41(42)35-23-10-12-25-38(35)44-43(37)30-15-4-1-5-16-30/h1-29H. The molecule has 9 rings (SSSR count). The summed E-state index contributed by atoms with van der Waals surface area (Å²) in [4.78, 5) is 5.18. The molecule has 0 aliphatic heterocycles. The van der Waals surface area contributed by atoms with Crippen LogP contribution in [0.1, 0.15) is 0 Å². The van der Waals surface area contributed by atoms with Crippen molar-refractivity contribution in [1.82, 2.24) is 9.55 Å². The Hall–Kier alpha value is -5.76. The number of nitrogens with zero attached hydrogens (tertiary/aromatic N) is 2. The molecule has 0 N–H and O–H groups in total.